The summed E-state index contributed by atoms with van der Waals surface area (Å²) in [5.74, 6) is -0.127. The van der Waals surface area contributed by atoms with Gasteiger partial charge in [-0.2, -0.15) is 4.99 Å². The molecular weight excluding hydrogens is 356 g/mol. The van der Waals surface area contributed by atoms with Crippen LogP contribution in [0.2, 0.25) is 5.02 Å². The Bertz CT molecular complexity index is 931. The Kier molecular flexibility index (Phi) is 6.02. The molecular formula is C19H19ClN2O2S. The summed E-state index contributed by atoms with van der Waals surface area (Å²) >= 11 is 7.82. The van der Waals surface area contributed by atoms with Crippen molar-refractivity contribution in [3.8, 4) is 0 Å². The smallest absolute Gasteiger partial charge is 0.248 e. The largest absolute Gasteiger partial charge is 0.383 e. The van der Waals surface area contributed by atoms with E-state index in [1.807, 2.05) is 53.1 Å². The molecule has 0 aliphatic carbocycles. The molecule has 0 radical (unpaired) electrons. The summed E-state index contributed by atoms with van der Waals surface area (Å²) in [6, 6.07) is 15.7. The average Bonchev–Trinajstić information content (AvgIpc) is 2.97. The topological polar surface area (TPSA) is 43.6 Å². The van der Waals surface area contributed by atoms with Crippen molar-refractivity contribution in [3.05, 3.63) is 63.9 Å². The lowest BCUT2D eigenvalue weighted by Crippen LogP contribution is -2.19. The van der Waals surface area contributed by atoms with Crippen LogP contribution in [0.15, 0.2) is 53.5 Å². The molecule has 2 aromatic carbocycles. The number of rotatable bonds is 6. The minimum Gasteiger partial charge on any atom is -0.383 e. The van der Waals surface area contributed by atoms with Crippen molar-refractivity contribution in [2.45, 2.75) is 19.4 Å². The SMILES string of the molecule is COCCn1c(=NC(=O)CCc2ccccc2)sc2cccc(Cl)c21. The fraction of sp³-hybridized carbons (Fsp3) is 0.263. The van der Waals surface area contributed by atoms with Crippen LogP contribution in [0, 0.1) is 0 Å². The number of halogens is 1. The van der Waals surface area contributed by atoms with Gasteiger partial charge < -0.3 is 9.30 Å². The minimum atomic E-state index is -0.127. The molecule has 3 aromatic rings. The van der Waals surface area contributed by atoms with Crippen molar-refractivity contribution in [1.82, 2.24) is 4.57 Å². The summed E-state index contributed by atoms with van der Waals surface area (Å²) in [6.07, 6.45) is 1.07. The number of fused-ring (bicyclic) bond motifs is 1. The van der Waals surface area contributed by atoms with Gasteiger partial charge in [0, 0.05) is 20.1 Å². The quantitative estimate of drug-likeness (QED) is 0.653. The second-order valence-electron chi connectivity index (χ2n) is 5.61. The van der Waals surface area contributed by atoms with E-state index in [2.05, 4.69) is 4.99 Å². The molecule has 0 N–H and O–H groups in total. The van der Waals surface area contributed by atoms with Crippen molar-refractivity contribution in [3.63, 3.8) is 0 Å². The molecule has 1 heterocycles. The van der Waals surface area contributed by atoms with Gasteiger partial charge in [-0.15, -0.1) is 0 Å². The van der Waals surface area contributed by atoms with Crippen LogP contribution < -0.4 is 4.80 Å². The third-order valence-corrected chi connectivity index (χ3v) is 5.21. The number of methoxy groups -OCH3 is 1. The van der Waals surface area contributed by atoms with Gasteiger partial charge in [0.2, 0.25) is 5.91 Å². The number of carbonyl (C=O) groups is 1. The summed E-state index contributed by atoms with van der Waals surface area (Å²) < 4.78 is 8.16. The highest BCUT2D eigenvalue weighted by Crippen LogP contribution is 2.25. The molecule has 0 aliphatic rings. The van der Waals surface area contributed by atoms with Gasteiger partial charge in [-0.05, 0) is 24.1 Å². The first kappa shape index (κ1) is 17.9. The molecule has 25 heavy (non-hydrogen) atoms. The van der Waals surface area contributed by atoms with Crippen molar-refractivity contribution in [1.29, 1.82) is 0 Å². The summed E-state index contributed by atoms with van der Waals surface area (Å²) in [5.41, 5.74) is 2.04. The average molecular weight is 375 g/mol. The summed E-state index contributed by atoms with van der Waals surface area (Å²) in [6.45, 7) is 1.13. The Balaban J connectivity index is 1.89. The zero-order valence-corrected chi connectivity index (χ0v) is 15.5. The molecule has 4 nitrogen and oxygen atoms in total. The molecule has 0 saturated heterocycles. The molecule has 0 saturated carbocycles. The lowest BCUT2D eigenvalue weighted by Gasteiger charge is -2.05. The van der Waals surface area contributed by atoms with Gasteiger partial charge in [0.15, 0.2) is 4.80 Å². The normalized spacial score (nSPS) is 12.0. The lowest BCUT2D eigenvalue weighted by molar-refractivity contribution is -0.118. The Morgan fingerprint density at radius 2 is 2.00 bits per heavy atom. The minimum absolute atomic E-state index is 0.127. The van der Waals surface area contributed by atoms with Gasteiger partial charge in [0.1, 0.15) is 0 Å². The summed E-state index contributed by atoms with van der Waals surface area (Å²) in [7, 11) is 1.65. The molecule has 1 amide bonds. The molecule has 6 heteroatoms. The number of amides is 1. The monoisotopic (exact) mass is 374 g/mol. The fourth-order valence-corrected chi connectivity index (χ4v) is 4.05. The lowest BCUT2D eigenvalue weighted by atomic mass is 10.1. The van der Waals surface area contributed by atoms with Crippen LogP contribution in [0.1, 0.15) is 12.0 Å². The van der Waals surface area contributed by atoms with Crippen LogP contribution in [-0.4, -0.2) is 24.2 Å². The molecule has 0 spiro atoms. The number of benzene rings is 2. The van der Waals surface area contributed by atoms with Crippen LogP contribution in [0.5, 0.6) is 0 Å². The molecule has 0 unspecified atom stereocenters. The van der Waals surface area contributed by atoms with Gasteiger partial charge in [-0.3, -0.25) is 4.79 Å². The second kappa shape index (κ2) is 8.43. The Morgan fingerprint density at radius 3 is 2.76 bits per heavy atom. The number of para-hydroxylation sites is 1. The van der Waals surface area contributed by atoms with Crippen molar-refractivity contribution in [2.75, 3.05) is 13.7 Å². The predicted molar refractivity (Wildman–Crippen MR) is 102 cm³/mol. The second-order valence-corrected chi connectivity index (χ2v) is 7.02. The zero-order chi connectivity index (χ0) is 17.6. The first-order valence-corrected chi connectivity index (χ1v) is 9.27. The maximum Gasteiger partial charge on any atom is 0.248 e. The van der Waals surface area contributed by atoms with Gasteiger partial charge in [-0.25, -0.2) is 0 Å². The fourth-order valence-electron chi connectivity index (χ4n) is 2.62. The van der Waals surface area contributed by atoms with Gasteiger partial charge in [-0.1, -0.05) is 59.3 Å². The first-order valence-electron chi connectivity index (χ1n) is 8.07. The van der Waals surface area contributed by atoms with Crippen LogP contribution >= 0.6 is 22.9 Å². The predicted octanol–water partition coefficient (Wildman–Crippen LogP) is 4.06. The number of hydrogen-bond donors (Lipinski definition) is 0. The molecule has 3 rings (SSSR count). The molecule has 1 aromatic heterocycles. The number of aryl methyl sites for hydroxylation is 1. The number of carbonyl (C=O) groups excluding carboxylic acids is 1. The highest BCUT2D eigenvalue weighted by atomic mass is 35.5. The van der Waals surface area contributed by atoms with Gasteiger partial charge in [0.25, 0.3) is 0 Å². The molecule has 0 bridgehead atoms. The molecule has 130 valence electrons. The van der Waals surface area contributed by atoms with E-state index in [0.717, 1.165) is 15.8 Å². The molecule has 0 aliphatic heterocycles. The van der Waals surface area contributed by atoms with E-state index < -0.39 is 0 Å². The maximum absolute atomic E-state index is 12.3. The molecule has 0 atom stereocenters. The van der Waals surface area contributed by atoms with Crippen LogP contribution in [0.3, 0.4) is 0 Å². The number of hydrogen-bond acceptors (Lipinski definition) is 3. The van der Waals surface area contributed by atoms with E-state index in [-0.39, 0.29) is 5.91 Å². The van der Waals surface area contributed by atoms with E-state index >= 15 is 0 Å². The number of aromatic nitrogens is 1. The zero-order valence-electron chi connectivity index (χ0n) is 13.9. The van der Waals surface area contributed by atoms with Crippen molar-refractivity contribution in [2.24, 2.45) is 4.99 Å². The van der Waals surface area contributed by atoms with E-state index in [1.54, 1.807) is 7.11 Å². The Labute approximate surface area is 155 Å². The van der Waals surface area contributed by atoms with Crippen LogP contribution in [-0.2, 0) is 22.5 Å². The Hall–Kier alpha value is -1.95. The van der Waals surface area contributed by atoms with Crippen LogP contribution in [0.4, 0.5) is 0 Å². The number of thiazole rings is 1. The van der Waals surface area contributed by atoms with Crippen LogP contribution in [0.25, 0.3) is 10.2 Å². The maximum atomic E-state index is 12.3. The van der Waals surface area contributed by atoms with Gasteiger partial charge >= 0.3 is 0 Å². The van der Waals surface area contributed by atoms with E-state index in [9.17, 15) is 4.79 Å². The highest BCUT2D eigenvalue weighted by molar-refractivity contribution is 7.16. The van der Waals surface area contributed by atoms with E-state index in [0.29, 0.717) is 35.8 Å². The molecule has 0 fully saturated rings. The number of nitrogens with zero attached hydrogens (tertiary/aromatic N) is 2. The van der Waals surface area contributed by atoms with E-state index in [4.69, 9.17) is 16.3 Å². The third-order valence-electron chi connectivity index (χ3n) is 3.86. The summed E-state index contributed by atoms with van der Waals surface area (Å²) in [5, 5.41) is 0.656. The Morgan fingerprint density at radius 1 is 1.20 bits per heavy atom. The highest BCUT2D eigenvalue weighted by Gasteiger charge is 2.11. The third kappa shape index (κ3) is 4.37. The first-order chi connectivity index (χ1) is 12.2. The standard InChI is InChI=1S/C19H19ClN2O2S/c1-24-13-12-22-18-15(20)8-5-9-16(18)25-19(22)21-17(23)11-10-14-6-3-2-4-7-14/h2-9H,10-13H2,1H3. The van der Waals surface area contributed by atoms with Crippen molar-refractivity contribution >= 4 is 39.1 Å². The van der Waals surface area contributed by atoms with Crippen molar-refractivity contribution < 1.29 is 9.53 Å². The number of ether oxygens (including phenoxy) is 1. The summed E-state index contributed by atoms with van der Waals surface area (Å²) in [4.78, 5) is 17.3. The van der Waals surface area contributed by atoms with E-state index in [1.165, 1.54) is 11.3 Å². The van der Waals surface area contributed by atoms with Gasteiger partial charge in [0.05, 0.1) is 21.8 Å².